The van der Waals surface area contributed by atoms with Crippen LogP contribution in [0.15, 0.2) is 48.5 Å². The normalized spacial score (nSPS) is 19.8. The van der Waals surface area contributed by atoms with Crippen LogP contribution in [-0.4, -0.2) is 5.11 Å². The summed E-state index contributed by atoms with van der Waals surface area (Å²) in [5.74, 6) is 0.508. The maximum atomic E-state index is 14.9. The number of hydrogen-bond donors (Lipinski definition) is 1. The molecule has 1 aliphatic carbocycles. The van der Waals surface area contributed by atoms with Crippen LogP contribution in [-0.2, 0) is 0 Å². The van der Waals surface area contributed by atoms with Gasteiger partial charge in [0.1, 0.15) is 17.4 Å². The lowest BCUT2D eigenvalue weighted by molar-refractivity contribution is 0.308. The Bertz CT molecular complexity index is 987. The van der Waals surface area contributed by atoms with E-state index < -0.39 is 5.82 Å². The summed E-state index contributed by atoms with van der Waals surface area (Å²) in [5.41, 5.74) is 1.99. The molecule has 0 atom stereocenters. The number of hydrogen-bond acceptors (Lipinski definition) is 1. The molecule has 28 heavy (non-hydrogen) atoms. The molecule has 1 aliphatic rings. The predicted molar refractivity (Wildman–Crippen MR) is 111 cm³/mol. The largest absolute Gasteiger partial charge is 0.508 e. The smallest absolute Gasteiger partial charge is 0.131 e. The number of aromatic hydroxyl groups is 1. The number of fused-ring (bicyclic) bond motifs is 1. The van der Waals surface area contributed by atoms with Crippen LogP contribution in [0, 0.1) is 17.6 Å². The van der Waals surface area contributed by atoms with Gasteiger partial charge in [-0.05, 0) is 84.4 Å². The number of halogens is 2. The topological polar surface area (TPSA) is 20.2 Å². The average molecular weight is 380 g/mol. The van der Waals surface area contributed by atoms with Crippen molar-refractivity contribution in [1.29, 1.82) is 0 Å². The van der Waals surface area contributed by atoms with Crippen LogP contribution in [0.4, 0.5) is 8.78 Å². The minimum Gasteiger partial charge on any atom is -0.508 e. The molecule has 0 saturated heterocycles. The number of benzene rings is 3. The molecule has 146 valence electrons. The first-order valence-electron chi connectivity index (χ1n) is 10.3. The van der Waals surface area contributed by atoms with Gasteiger partial charge >= 0.3 is 0 Å². The Morgan fingerprint density at radius 2 is 1.68 bits per heavy atom. The Kier molecular flexibility index (Phi) is 5.34. The highest BCUT2D eigenvalue weighted by Gasteiger charge is 2.22. The first-order valence-corrected chi connectivity index (χ1v) is 10.3. The van der Waals surface area contributed by atoms with Gasteiger partial charge in [0.05, 0.1) is 0 Å². The second-order valence-electron chi connectivity index (χ2n) is 8.11. The van der Waals surface area contributed by atoms with Gasteiger partial charge in [0.15, 0.2) is 0 Å². The lowest BCUT2D eigenvalue weighted by Gasteiger charge is -2.28. The van der Waals surface area contributed by atoms with Crippen molar-refractivity contribution in [3.8, 4) is 16.9 Å². The second kappa shape index (κ2) is 7.90. The fourth-order valence-corrected chi connectivity index (χ4v) is 4.67. The van der Waals surface area contributed by atoms with Gasteiger partial charge in [0, 0.05) is 10.9 Å². The molecule has 0 unspecified atom stereocenters. The van der Waals surface area contributed by atoms with Crippen LogP contribution in [0.1, 0.15) is 56.9 Å². The first-order chi connectivity index (χ1) is 13.5. The summed E-state index contributed by atoms with van der Waals surface area (Å²) in [6.07, 6.45) is 7.23. The molecule has 4 rings (SSSR count). The molecule has 0 radical (unpaired) electrons. The second-order valence-corrected chi connectivity index (χ2v) is 8.11. The minimum atomic E-state index is -0.457. The molecule has 0 bridgehead atoms. The lowest BCUT2D eigenvalue weighted by atomic mass is 9.77. The van der Waals surface area contributed by atoms with Gasteiger partial charge in [-0.1, -0.05) is 38.0 Å². The Morgan fingerprint density at radius 3 is 2.39 bits per heavy atom. The first kappa shape index (κ1) is 18.9. The zero-order valence-electron chi connectivity index (χ0n) is 16.2. The molecule has 3 heteroatoms. The molecule has 0 aliphatic heterocycles. The molecule has 1 fully saturated rings. The Morgan fingerprint density at radius 1 is 0.893 bits per heavy atom. The molecule has 0 aromatic heterocycles. The van der Waals surface area contributed by atoms with Crippen molar-refractivity contribution in [3.63, 3.8) is 0 Å². The molecule has 0 amide bonds. The third kappa shape index (κ3) is 3.76. The molecule has 1 nitrogen and oxygen atoms in total. The van der Waals surface area contributed by atoms with Crippen LogP contribution in [0.3, 0.4) is 0 Å². The summed E-state index contributed by atoms with van der Waals surface area (Å²) in [7, 11) is 0. The quantitative estimate of drug-likeness (QED) is 0.495. The van der Waals surface area contributed by atoms with Crippen molar-refractivity contribution in [1.82, 2.24) is 0 Å². The maximum absolute atomic E-state index is 14.9. The van der Waals surface area contributed by atoms with Crippen molar-refractivity contribution >= 4 is 10.8 Å². The zero-order valence-corrected chi connectivity index (χ0v) is 16.2. The maximum Gasteiger partial charge on any atom is 0.131 e. The van der Waals surface area contributed by atoms with E-state index in [4.69, 9.17) is 0 Å². The van der Waals surface area contributed by atoms with E-state index in [1.165, 1.54) is 43.9 Å². The minimum absolute atomic E-state index is 0.0170. The third-order valence-electron chi connectivity index (χ3n) is 6.21. The molecule has 0 heterocycles. The Balaban J connectivity index is 1.60. The predicted octanol–water partition coefficient (Wildman–Crippen LogP) is 7.56. The van der Waals surface area contributed by atoms with E-state index in [0.29, 0.717) is 27.8 Å². The number of phenols is 1. The van der Waals surface area contributed by atoms with E-state index in [0.717, 1.165) is 24.3 Å². The van der Waals surface area contributed by atoms with Crippen LogP contribution in [0.25, 0.3) is 21.9 Å². The fraction of sp³-hybridized carbons (Fsp3) is 0.360. The van der Waals surface area contributed by atoms with Crippen molar-refractivity contribution in [2.45, 2.75) is 51.4 Å². The average Bonchev–Trinajstić information content (AvgIpc) is 2.69. The molecule has 0 spiro atoms. The third-order valence-corrected chi connectivity index (χ3v) is 6.21. The summed E-state index contributed by atoms with van der Waals surface area (Å²) in [4.78, 5) is 0. The van der Waals surface area contributed by atoms with Crippen molar-refractivity contribution in [3.05, 3.63) is 65.7 Å². The van der Waals surface area contributed by atoms with Crippen LogP contribution in [0.2, 0.25) is 0 Å². The standard InChI is InChI=1S/C25H26F2O/c1-2-3-16-4-6-17(7-5-16)18-9-11-22(24(26)13-18)20-12-19-8-10-21(28)15-23(19)25(27)14-20/h8-17,28H,2-7H2,1H3. The highest BCUT2D eigenvalue weighted by Crippen LogP contribution is 2.39. The van der Waals surface area contributed by atoms with Crippen LogP contribution >= 0.6 is 0 Å². The molecular formula is C25H26F2O. The van der Waals surface area contributed by atoms with E-state index in [2.05, 4.69) is 6.92 Å². The monoisotopic (exact) mass is 380 g/mol. The van der Waals surface area contributed by atoms with Gasteiger partial charge < -0.3 is 5.11 Å². The Hall–Kier alpha value is -2.42. The summed E-state index contributed by atoms with van der Waals surface area (Å²) in [6.45, 7) is 2.23. The van der Waals surface area contributed by atoms with E-state index in [1.807, 2.05) is 6.07 Å². The van der Waals surface area contributed by atoms with Gasteiger partial charge in [-0.25, -0.2) is 8.78 Å². The van der Waals surface area contributed by atoms with Crippen LogP contribution in [0.5, 0.6) is 5.75 Å². The van der Waals surface area contributed by atoms with Gasteiger partial charge in [0.2, 0.25) is 0 Å². The zero-order chi connectivity index (χ0) is 19.7. The number of phenolic OH excluding ortho intramolecular Hbond substituents is 1. The summed E-state index contributed by atoms with van der Waals surface area (Å²) >= 11 is 0. The van der Waals surface area contributed by atoms with Gasteiger partial charge in [-0.2, -0.15) is 0 Å². The summed E-state index contributed by atoms with van der Waals surface area (Å²) < 4.78 is 29.4. The SMILES string of the molecule is CCCC1CCC(c2ccc(-c3cc(F)c4cc(O)ccc4c3)c(F)c2)CC1. The van der Waals surface area contributed by atoms with E-state index in [9.17, 15) is 13.9 Å². The van der Waals surface area contributed by atoms with E-state index in [-0.39, 0.29) is 11.6 Å². The van der Waals surface area contributed by atoms with Crippen molar-refractivity contribution in [2.24, 2.45) is 5.92 Å². The molecule has 3 aromatic rings. The highest BCUT2D eigenvalue weighted by molar-refractivity contribution is 5.89. The number of rotatable bonds is 4. The van der Waals surface area contributed by atoms with E-state index >= 15 is 0 Å². The molecule has 1 N–H and O–H groups in total. The highest BCUT2D eigenvalue weighted by atomic mass is 19.1. The molecule has 1 saturated carbocycles. The van der Waals surface area contributed by atoms with Crippen molar-refractivity contribution < 1.29 is 13.9 Å². The summed E-state index contributed by atoms with van der Waals surface area (Å²) in [5, 5.41) is 10.5. The van der Waals surface area contributed by atoms with Gasteiger partial charge in [-0.3, -0.25) is 0 Å². The molecular weight excluding hydrogens is 354 g/mol. The summed E-state index contributed by atoms with van der Waals surface area (Å²) in [6, 6.07) is 13.1. The molecule has 3 aromatic carbocycles. The van der Waals surface area contributed by atoms with Gasteiger partial charge in [-0.15, -0.1) is 0 Å². The lowest BCUT2D eigenvalue weighted by Crippen LogP contribution is -2.13. The Labute approximate surface area is 165 Å². The fourth-order valence-electron chi connectivity index (χ4n) is 4.67. The van der Waals surface area contributed by atoms with Crippen molar-refractivity contribution in [2.75, 3.05) is 0 Å². The van der Waals surface area contributed by atoms with Gasteiger partial charge in [0.25, 0.3) is 0 Å². The van der Waals surface area contributed by atoms with E-state index in [1.54, 1.807) is 24.3 Å². The van der Waals surface area contributed by atoms with Crippen LogP contribution < -0.4 is 0 Å².